The average molecular weight is 500 g/mol. The zero-order chi connectivity index (χ0) is 25.6. The van der Waals surface area contributed by atoms with E-state index in [4.69, 9.17) is 4.74 Å². The summed E-state index contributed by atoms with van der Waals surface area (Å²) in [5, 5.41) is 15.9. The second-order valence-electron chi connectivity index (χ2n) is 9.39. The maximum Gasteiger partial charge on any atom is 0.366 e. The van der Waals surface area contributed by atoms with E-state index in [2.05, 4.69) is 46.2 Å². The molecule has 4 aromatic rings. The number of para-hydroxylation sites is 2. The molecule has 5 rings (SSSR count). The van der Waals surface area contributed by atoms with Gasteiger partial charge in [0.25, 0.3) is 0 Å². The van der Waals surface area contributed by atoms with Crippen LogP contribution < -0.4 is 19.4 Å². The standard InChI is InChI=1S/C29H33N5O3/c1-2-3-4-7-22-37-26-16-14-25(15-17-26)32-20-18-31(19-21-32)24-12-10-23(11-13-24)29(35)33-27-8-5-6-9-28(27)34(36)30-33/h5-6,8-17H,2-4,7,18-22H2,1H3. The van der Waals surface area contributed by atoms with E-state index in [0.29, 0.717) is 21.4 Å². The number of hydrogen-bond donors (Lipinski definition) is 0. The van der Waals surface area contributed by atoms with Crippen molar-refractivity contribution in [3.05, 3.63) is 83.6 Å². The van der Waals surface area contributed by atoms with E-state index in [1.54, 1.807) is 36.4 Å². The Labute approximate surface area is 217 Å². The Balaban J connectivity index is 1.16. The molecule has 0 amide bonds. The van der Waals surface area contributed by atoms with Crippen LogP contribution in [-0.4, -0.2) is 48.6 Å². The first-order valence-corrected chi connectivity index (χ1v) is 13.1. The molecule has 1 fully saturated rings. The van der Waals surface area contributed by atoms with E-state index in [1.165, 1.54) is 29.6 Å². The highest BCUT2D eigenvalue weighted by Gasteiger charge is 2.23. The molecule has 8 nitrogen and oxygen atoms in total. The number of carbonyl (C=O) groups is 1. The van der Waals surface area contributed by atoms with E-state index in [1.807, 2.05) is 12.1 Å². The van der Waals surface area contributed by atoms with E-state index >= 15 is 0 Å². The van der Waals surface area contributed by atoms with Crippen molar-refractivity contribution in [1.29, 1.82) is 0 Å². The van der Waals surface area contributed by atoms with Crippen molar-refractivity contribution in [2.24, 2.45) is 0 Å². The van der Waals surface area contributed by atoms with Gasteiger partial charge in [0.05, 0.1) is 12.2 Å². The molecule has 37 heavy (non-hydrogen) atoms. The molecule has 0 spiro atoms. The van der Waals surface area contributed by atoms with Crippen molar-refractivity contribution in [2.45, 2.75) is 32.6 Å². The van der Waals surface area contributed by atoms with Gasteiger partial charge in [0, 0.05) is 37.6 Å². The number of nitrogens with zero attached hydrogens (tertiary/aromatic N) is 5. The number of piperazine rings is 1. The smallest absolute Gasteiger partial charge is 0.366 e. The summed E-state index contributed by atoms with van der Waals surface area (Å²) in [6.45, 7) is 6.61. The van der Waals surface area contributed by atoms with Crippen LogP contribution in [0.1, 0.15) is 43.0 Å². The van der Waals surface area contributed by atoms with E-state index < -0.39 is 0 Å². The Hall–Kier alpha value is -4.07. The molecule has 1 aromatic heterocycles. The minimum Gasteiger partial charge on any atom is -0.691 e. The summed E-state index contributed by atoms with van der Waals surface area (Å²) in [7, 11) is 0. The number of rotatable bonds is 9. The van der Waals surface area contributed by atoms with Crippen LogP contribution in [0.25, 0.3) is 11.0 Å². The molecule has 0 unspecified atom stereocenters. The average Bonchev–Trinajstić information content (AvgIpc) is 3.29. The highest BCUT2D eigenvalue weighted by molar-refractivity contribution is 5.99. The number of ether oxygens (including phenoxy) is 1. The number of benzene rings is 3. The van der Waals surface area contributed by atoms with Crippen LogP contribution in [0.2, 0.25) is 0 Å². The van der Waals surface area contributed by atoms with E-state index in [-0.39, 0.29) is 5.91 Å². The van der Waals surface area contributed by atoms with Gasteiger partial charge in [-0.15, -0.1) is 4.85 Å². The van der Waals surface area contributed by atoms with Crippen LogP contribution in [0.15, 0.2) is 72.8 Å². The van der Waals surface area contributed by atoms with E-state index in [0.717, 1.165) is 50.6 Å². The summed E-state index contributed by atoms with van der Waals surface area (Å²) in [5.41, 5.74) is 3.64. The summed E-state index contributed by atoms with van der Waals surface area (Å²) >= 11 is 0. The van der Waals surface area contributed by atoms with Crippen molar-refractivity contribution in [2.75, 3.05) is 42.6 Å². The zero-order valence-electron chi connectivity index (χ0n) is 21.3. The van der Waals surface area contributed by atoms with Gasteiger partial charge >= 0.3 is 5.91 Å². The van der Waals surface area contributed by atoms with Crippen molar-refractivity contribution in [3.8, 4) is 5.75 Å². The van der Waals surface area contributed by atoms with Crippen molar-refractivity contribution in [1.82, 2.24) is 9.90 Å². The normalized spacial score (nSPS) is 13.8. The molecular formula is C29H33N5O3. The highest BCUT2D eigenvalue weighted by Crippen LogP contribution is 2.24. The Morgan fingerprint density at radius 3 is 2.14 bits per heavy atom. The molecule has 0 atom stereocenters. The lowest BCUT2D eigenvalue weighted by Gasteiger charge is -2.37. The predicted octanol–water partition coefficient (Wildman–Crippen LogP) is 4.64. The predicted molar refractivity (Wildman–Crippen MR) is 145 cm³/mol. The third kappa shape index (κ3) is 5.53. The molecule has 0 saturated carbocycles. The summed E-state index contributed by atoms with van der Waals surface area (Å²) in [6, 6.07) is 22.9. The van der Waals surface area contributed by atoms with Crippen molar-refractivity contribution < 1.29 is 14.4 Å². The Kier molecular flexibility index (Phi) is 7.54. The molecule has 1 aliphatic rings. The summed E-state index contributed by atoms with van der Waals surface area (Å²) < 4.78 is 7.04. The molecule has 3 aromatic carbocycles. The zero-order valence-corrected chi connectivity index (χ0v) is 21.3. The first-order chi connectivity index (χ1) is 18.1. The third-order valence-corrected chi connectivity index (χ3v) is 6.91. The number of fused-ring (bicyclic) bond motifs is 1. The second kappa shape index (κ2) is 11.3. The first kappa shape index (κ1) is 24.6. The Bertz CT molecular complexity index is 1330. The lowest BCUT2D eigenvalue weighted by molar-refractivity contribution is -0.645. The second-order valence-corrected chi connectivity index (χ2v) is 9.39. The van der Waals surface area contributed by atoms with Crippen LogP contribution in [0.5, 0.6) is 5.75 Å². The number of carbonyl (C=O) groups excluding carboxylic acids is 1. The third-order valence-electron chi connectivity index (χ3n) is 6.91. The SMILES string of the molecule is CCCCCCOc1ccc(N2CCN(c3ccc(C(=O)n4n[n+]([O-])c5ccccc54)cc3)CC2)cc1. The lowest BCUT2D eigenvalue weighted by Crippen LogP contribution is -2.46. The summed E-state index contributed by atoms with van der Waals surface area (Å²) in [6.07, 6.45) is 4.83. The minimum absolute atomic E-state index is 0.324. The fourth-order valence-electron chi connectivity index (χ4n) is 4.76. The van der Waals surface area contributed by atoms with Crippen molar-refractivity contribution in [3.63, 3.8) is 0 Å². The molecular weight excluding hydrogens is 466 g/mol. The molecule has 2 heterocycles. The van der Waals surface area contributed by atoms with Gasteiger partial charge in [-0.2, -0.15) is 0 Å². The Morgan fingerprint density at radius 1 is 0.865 bits per heavy atom. The maximum atomic E-state index is 13.0. The fraction of sp³-hybridized carbons (Fsp3) is 0.345. The summed E-state index contributed by atoms with van der Waals surface area (Å²) in [5.74, 6) is 0.609. The van der Waals surface area contributed by atoms with Gasteiger partial charge in [0.15, 0.2) is 0 Å². The molecule has 192 valence electrons. The number of anilines is 2. The monoisotopic (exact) mass is 499 g/mol. The van der Waals surface area contributed by atoms with Gasteiger partial charge < -0.3 is 19.7 Å². The van der Waals surface area contributed by atoms with Crippen LogP contribution in [0.4, 0.5) is 11.4 Å². The minimum atomic E-state index is -0.324. The van der Waals surface area contributed by atoms with Gasteiger partial charge in [0.1, 0.15) is 11.0 Å². The number of unbranched alkanes of at least 4 members (excludes halogenated alkanes) is 3. The van der Waals surface area contributed by atoms with Gasteiger partial charge in [-0.3, -0.25) is 0 Å². The van der Waals surface area contributed by atoms with Crippen LogP contribution in [0.3, 0.4) is 0 Å². The van der Waals surface area contributed by atoms with Gasteiger partial charge in [-0.25, -0.2) is 4.79 Å². The number of aromatic nitrogens is 3. The molecule has 1 saturated heterocycles. The molecule has 0 radical (unpaired) electrons. The first-order valence-electron chi connectivity index (χ1n) is 13.1. The topological polar surface area (TPSA) is 77.5 Å². The molecule has 0 aliphatic carbocycles. The quantitative estimate of drug-likeness (QED) is 0.190. The molecule has 0 N–H and O–H groups in total. The lowest BCUT2D eigenvalue weighted by atomic mass is 10.1. The molecule has 1 aliphatic heterocycles. The molecule has 8 heteroatoms. The van der Waals surface area contributed by atoms with Crippen LogP contribution in [0, 0.1) is 5.21 Å². The Morgan fingerprint density at radius 2 is 1.49 bits per heavy atom. The molecule has 0 bridgehead atoms. The largest absolute Gasteiger partial charge is 0.691 e. The van der Waals surface area contributed by atoms with Crippen molar-refractivity contribution >= 4 is 28.3 Å². The summed E-state index contributed by atoms with van der Waals surface area (Å²) in [4.78, 5) is 18.2. The van der Waals surface area contributed by atoms with Crippen LogP contribution in [-0.2, 0) is 0 Å². The van der Waals surface area contributed by atoms with Crippen LogP contribution >= 0.6 is 0 Å². The highest BCUT2D eigenvalue weighted by atomic mass is 16.5. The fourth-order valence-corrected chi connectivity index (χ4v) is 4.76. The van der Waals surface area contributed by atoms with Gasteiger partial charge in [0.2, 0.25) is 11.0 Å². The maximum absolute atomic E-state index is 13.0. The van der Waals surface area contributed by atoms with Gasteiger partial charge in [-0.05, 0) is 67.1 Å². The number of hydrogen-bond acceptors (Lipinski definition) is 6. The van der Waals surface area contributed by atoms with E-state index in [9.17, 15) is 10.0 Å². The van der Waals surface area contributed by atoms with Gasteiger partial charge in [-0.1, -0.05) is 43.0 Å².